The molecule has 1 aromatic rings. The van der Waals surface area contributed by atoms with Crippen molar-refractivity contribution in [2.45, 2.75) is 6.04 Å². The van der Waals surface area contributed by atoms with Crippen molar-refractivity contribution in [1.82, 2.24) is 16.0 Å². The van der Waals surface area contributed by atoms with E-state index in [1.165, 1.54) is 0 Å². The number of hydrogen-bond acceptors (Lipinski definition) is 5. The number of likely N-dealkylation sites (N-methyl/N-ethyl adjacent to an activating group) is 2. The fourth-order valence-corrected chi connectivity index (χ4v) is 2.71. The second-order valence-corrected chi connectivity index (χ2v) is 4.27. The first-order valence-electron chi connectivity index (χ1n) is 6.25. The van der Waals surface area contributed by atoms with E-state index in [1.54, 1.807) is 14.2 Å². The van der Waals surface area contributed by atoms with Gasteiger partial charge in [0.25, 0.3) is 0 Å². The molecule has 0 aromatic heterocycles. The predicted molar refractivity (Wildman–Crippen MR) is 76.4 cm³/mol. The van der Waals surface area contributed by atoms with E-state index >= 15 is 0 Å². The summed E-state index contributed by atoms with van der Waals surface area (Å²) in [5, 5.41) is 9.83. The molecule has 1 aliphatic carbocycles. The van der Waals surface area contributed by atoms with Gasteiger partial charge in [-0.2, -0.15) is 0 Å². The van der Waals surface area contributed by atoms with Gasteiger partial charge in [0.05, 0.1) is 37.2 Å². The topological polar surface area (TPSA) is 54.5 Å². The van der Waals surface area contributed by atoms with Gasteiger partial charge in [-0.3, -0.25) is 0 Å². The Labute approximate surface area is 114 Å². The molecule has 5 heteroatoms. The Morgan fingerprint density at radius 3 is 2.05 bits per heavy atom. The number of nitrogens with one attached hydrogen (secondary N) is 3. The number of benzene rings is 1. The maximum Gasteiger partial charge on any atom is 0.128 e. The molecule has 0 saturated carbocycles. The van der Waals surface area contributed by atoms with E-state index in [9.17, 15) is 0 Å². The Balaban J connectivity index is 2.73. The van der Waals surface area contributed by atoms with Crippen LogP contribution in [0.2, 0.25) is 0 Å². The van der Waals surface area contributed by atoms with Gasteiger partial charge in [0.2, 0.25) is 0 Å². The number of methoxy groups -OCH3 is 2. The molecule has 0 bridgehead atoms. The van der Waals surface area contributed by atoms with E-state index in [2.05, 4.69) is 16.0 Å². The van der Waals surface area contributed by atoms with Crippen LogP contribution in [0.25, 0.3) is 5.70 Å². The zero-order valence-electron chi connectivity index (χ0n) is 12.0. The molecule has 1 unspecified atom stereocenters. The Hall–Kier alpha value is -1.88. The molecule has 0 fully saturated rings. The lowest BCUT2D eigenvalue weighted by molar-refractivity contribution is 0.395. The standard InChI is InChI=1S/C14H21N3O2/c1-15-12-10-8(18-4)6-7-9(19-5)11(10)13(16-2)14(12)17-3/h6-7,12,15-17H,1-5H3. The zero-order valence-corrected chi connectivity index (χ0v) is 12.0. The summed E-state index contributed by atoms with van der Waals surface area (Å²) in [6.45, 7) is 0. The maximum atomic E-state index is 5.50. The van der Waals surface area contributed by atoms with Gasteiger partial charge < -0.3 is 25.4 Å². The number of ether oxygens (including phenoxy) is 2. The van der Waals surface area contributed by atoms with Crippen LogP contribution in [0.15, 0.2) is 17.8 Å². The summed E-state index contributed by atoms with van der Waals surface area (Å²) in [6, 6.07) is 3.93. The van der Waals surface area contributed by atoms with Crippen molar-refractivity contribution in [3.63, 3.8) is 0 Å². The average Bonchev–Trinajstić information content (AvgIpc) is 2.79. The minimum absolute atomic E-state index is 0.0625. The van der Waals surface area contributed by atoms with Crippen LogP contribution in [0.3, 0.4) is 0 Å². The van der Waals surface area contributed by atoms with Crippen molar-refractivity contribution in [2.24, 2.45) is 0 Å². The van der Waals surface area contributed by atoms with E-state index in [0.717, 1.165) is 34.0 Å². The summed E-state index contributed by atoms with van der Waals surface area (Å²) in [5.74, 6) is 1.69. The van der Waals surface area contributed by atoms with Gasteiger partial charge in [-0.1, -0.05) is 0 Å². The van der Waals surface area contributed by atoms with Gasteiger partial charge in [0.15, 0.2) is 0 Å². The van der Waals surface area contributed by atoms with Gasteiger partial charge in [0.1, 0.15) is 11.5 Å². The Bertz CT molecular complexity index is 512. The van der Waals surface area contributed by atoms with Gasteiger partial charge in [0, 0.05) is 19.7 Å². The van der Waals surface area contributed by atoms with Crippen molar-refractivity contribution >= 4 is 5.70 Å². The van der Waals surface area contributed by atoms with Crippen LogP contribution in [-0.4, -0.2) is 35.4 Å². The van der Waals surface area contributed by atoms with Crippen LogP contribution in [0.1, 0.15) is 17.2 Å². The van der Waals surface area contributed by atoms with Gasteiger partial charge in [-0.15, -0.1) is 0 Å². The molecule has 19 heavy (non-hydrogen) atoms. The normalized spacial score (nSPS) is 17.2. The smallest absolute Gasteiger partial charge is 0.128 e. The highest BCUT2D eigenvalue weighted by molar-refractivity contribution is 5.82. The summed E-state index contributed by atoms with van der Waals surface area (Å²) in [4.78, 5) is 0. The monoisotopic (exact) mass is 263 g/mol. The molecule has 0 aliphatic heterocycles. The van der Waals surface area contributed by atoms with E-state index < -0.39 is 0 Å². The number of fused-ring (bicyclic) bond motifs is 1. The maximum absolute atomic E-state index is 5.50. The highest BCUT2D eigenvalue weighted by Crippen LogP contribution is 2.46. The third kappa shape index (κ3) is 1.90. The van der Waals surface area contributed by atoms with Crippen LogP contribution < -0.4 is 25.4 Å². The molecule has 0 radical (unpaired) electrons. The van der Waals surface area contributed by atoms with Crippen molar-refractivity contribution in [2.75, 3.05) is 35.4 Å². The van der Waals surface area contributed by atoms with Crippen LogP contribution >= 0.6 is 0 Å². The largest absolute Gasteiger partial charge is 0.496 e. The molecule has 0 saturated heterocycles. The third-order valence-corrected chi connectivity index (χ3v) is 3.51. The number of rotatable bonds is 5. The summed E-state index contributed by atoms with van der Waals surface area (Å²) in [5.41, 5.74) is 4.27. The molecule has 1 aromatic carbocycles. The first-order valence-corrected chi connectivity index (χ1v) is 6.25. The van der Waals surface area contributed by atoms with E-state index in [-0.39, 0.29) is 6.04 Å². The molecule has 1 aliphatic rings. The lowest BCUT2D eigenvalue weighted by Crippen LogP contribution is -2.24. The highest BCUT2D eigenvalue weighted by Gasteiger charge is 2.34. The first kappa shape index (κ1) is 13.5. The molecule has 104 valence electrons. The summed E-state index contributed by atoms with van der Waals surface area (Å²) < 4.78 is 11.0. The minimum Gasteiger partial charge on any atom is -0.496 e. The van der Waals surface area contributed by atoms with Crippen LogP contribution in [0.4, 0.5) is 0 Å². The lowest BCUT2D eigenvalue weighted by atomic mass is 10.0. The van der Waals surface area contributed by atoms with Crippen molar-refractivity contribution in [1.29, 1.82) is 0 Å². The van der Waals surface area contributed by atoms with Crippen LogP contribution in [0.5, 0.6) is 11.5 Å². The van der Waals surface area contributed by atoms with E-state index in [1.807, 2.05) is 33.3 Å². The summed E-state index contributed by atoms with van der Waals surface area (Å²) in [7, 11) is 9.13. The first-order chi connectivity index (χ1) is 9.23. The molecule has 0 amide bonds. The SMILES string of the molecule is CNC1=C(NC)C(NC)c2c(OC)ccc(OC)c21. The van der Waals surface area contributed by atoms with Gasteiger partial charge in [-0.05, 0) is 19.2 Å². The minimum atomic E-state index is 0.0625. The highest BCUT2D eigenvalue weighted by atomic mass is 16.5. The van der Waals surface area contributed by atoms with E-state index in [0.29, 0.717) is 0 Å². The fraction of sp³-hybridized carbons (Fsp3) is 0.429. The molecule has 0 heterocycles. The van der Waals surface area contributed by atoms with Crippen molar-refractivity contribution < 1.29 is 9.47 Å². The summed E-state index contributed by atoms with van der Waals surface area (Å²) in [6.07, 6.45) is 0. The second-order valence-electron chi connectivity index (χ2n) is 4.27. The van der Waals surface area contributed by atoms with Crippen molar-refractivity contribution in [3.8, 4) is 11.5 Å². The Morgan fingerprint density at radius 1 is 0.947 bits per heavy atom. The van der Waals surface area contributed by atoms with Crippen LogP contribution in [-0.2, 0) is 0 Å². The fourth-order valence-electron chi connectivity index (χ4n) is 2.71. The summed E-state index contributed by atoms with van der Waals surface area (Å²) >= 11 is 0. The van der Waals surface area contributed by atoms with E-state index in [4.69, 9.17) is 9.47 Å². The molecular formula is C14H21N3O2. The Morgan fingerprint density at radius 2 is 1.58 bits per heavy atom. The molecule has 5 nitrogen and oxygen atoms in total. The van der Waals surface area contributed by atoms with Crippen molar-refractivity contribution in [3.05, 3.63) is 29.0 Å². The second kappa shape index (κ2) is 5.40. The zero-order chi connectivity index (χ0) is 14.0. The lowest BCUT2D eigenvalue weighted by Gasteiger charge is -2.18. The molecule has 1 atom stereocenters. The average molecular weight is 263 g/mol. The van der Waals surface area contributed by atoms with Gasteiger partial charge >= 0.3 is 0 Å². The van der Waals surface area contributed by atoms with Crippen LogP contribution in [0, 0.1) is 0 Å². The molecule has 2 rings (SSSR count). The quantitative estimate of drug-likeness (QED) is 0.742. The molecule has 3 N–H and O–H groups in total. The third-order valence-electron chi connectivity index (χ3n) is 3.51. The predicted octanol–water partition coefficient (Wildman–Crippen LogP) is 1.09. The Kier molecular flexibility index (Phi) is 3.85. The number of hydrogen-bond donors (Lipinski definition) is 3. The molecule has 0 spiro atoms. The van der Waals surface area contributed by atoms with Gasteiger partial charge in [-0.25, -0.2) is 0 Å². The molecular weight excluding hydrogens is 242 g/mol.